The van der Waals surface area contributed by atoms with Crippen LogP contribution in [0.5, 0.6) is 5.75 Å². The first-order valence-corrected chi connectivity index (χ1v) is 7.80. The molecule has 0 heterocycles. The van der Waals surface area contributed by atoms with Crippen molar-refractivity contribution in [3.8, 4) is 5.75 Å². The Morgan fingerprint density at radius 1 is 1.40 bits per heavy atom. The summed E-state index contributed by atoms with van der Waals surface area (Å²) in [4.78, 5) is 22.3. The zero-order valence-electron chi connectivity index (χ0n) is 11.2. The molecule has 6 nitrogen and oxygen atoms in total. The van der Waals surface area contributed by atoms with Crippen LogP contribution in [0.4, 0.5) is 5.69 Å². The first kappa shape index (κ1) is 16.7. The van der Waals surface area contributed by atoms with E-state index >= 15 is 0 Å². The summed E-state index contributed by atoms with van der Waals surface area (Å²) < 4.78 is 6.10. The number of ether oxygens (including phenoxy) is 1. The monoisotopic (exact) mass is 392 g/mol. The number of carbonyl (C=O) groups is 1. The van der Waals surface area contributed by atoms with E-state index in [1.807, 2.05) is 0 Å². The molecule has 1 aromatic rings. The Hall–Kier alpha value is -1.38. The van der Waals surface area contributed by atoms with E-state index in [9.17, 15) is 14.9 Å². The maximum atomic E-state index is 12.0. The second-order valence-electron chi connectivity index (χ2n) is 4.12. The van der Waals surface area contributed by atoms with Crippen LogP contribution in [-0.4, -0.2) is 28.9 Å². The van der Waals surface area contributed by atoms with Gasteiger partial charge in [-0.25, -0.2) is 0 Å². The molecule has 0 aliphatic rings. The van der Waals surface area contributed by atoms with Gasteiger partial charge in [0.05, 0.1) is 17.6 Å². The Labute approximate surface area is 131 Å². The smallest absolute Gasteiger partial charge is 0.311 e. The standard InChI is InChI=1S/C13H17IN2O4/c1-20-12-10(6-5-7-11(12)16(18)19)13(17)15-9-4-2-3-8-14/h5-7H,2-4,8-9H2,1H3,(H,15,17). The fourth-order valence-electron chi connectivity index (χ4n) is 1.76. The summed E-state index contributed by atoms with van der Waals surface area (Å²) in [5, 5.41) is 13.6. The number of alkyl halides is 1. The fourth-order valence-corrected chi connectivity index (χ4v) is 2.29. The number of benzene rings is 1. The largest absolute Gasteiger partial charge is 0.490 e. The molecule has 1 amide bonds. The van der Waals surface area contributed by atoms with E-state index in [4.69, 9.17) is 4.74 Å². The van der Waals surface area contributed by atoms with Gasteiger partial charge in [-0.05, 0) is 23.3 Å². The van der Waals surface area contributed by atoms with Gasteiger partial charge in [0.2, 0.25) is 5.75 Å². The Morgan fingerprint density at radius 2 is 2.15 bits per heavy atom. The number of unbranched alkanes of at least 4 members (excludes halogenated alkanes) is 2. The molecule has 110 valence electrons. The molecule has 1 N–H and O–H groups in total. The molecule has 7 heteroatoms. The molecule has 0 saturated carbocycles. The lowest BCUT2D eigenvalue weighted by atomic mass is 10.1. The number of hydrogen-bond acceptors (Lipinski definition) is 4. The number of rotatable bonds is 8. The van der Waals surface area contributed by atoms with E-state index in [1.165, 1.54) is 25.3 Å². The van der Waals surface area contributed by atoms with Gasteiger partial charge in [-0.15, -0.1) is 0 Å². The number of nitro benzene ring substituents is 1. The van der Waals surface area contributed by atoms with Crippen LogP contribution < -0.4 is 10.1 Å². The highest BCUT2D eigenvalue weighted by Gasteiger charge is 2.22. The fraction of sp³-hybridized carbons (Fsp3) is 0.462. The van der Waals surface area contributed by atoms with Gasteiger partial charge >= 0.3 is 5.69 Å². The average Bonchev–Trinajstić information content (AvgIpc) is 2.45. The molecule has 0 aliphatic heterocycles. The molecule has 0 unspecified atom stereocenters. The number of nitrogens with one attached hydrogen (secondary N) is 1. The lowest BCUT2D eigenvalue weighted by Crippen LogP contribution is -2.25. The second kappa shape index (κ2) is 8.72. The van der Waals surface area contributed by atoms with Gasteiger partial charge in [-0.1, -0.05) is 35.1 Å². The quantitative estimate of drug-likeness (QED) is 0.243. The summed E-state index contributed by atoms with van der Waals surface area (Å²) in [6.07, 6.45) is 3.07. The van der Waals surface area contributed by atoms with Crippen molar-refractivity contribution >= 4 is 34.2 Å². The van der Waals surface area contributed by atoms with Crippen LogP contribution in [0.1, 0.15) is 29.6 Å². The highest BCUT2D eigenvalue weighted by molar-refractivity contribution is 14.1. The third-order valence-corrected chi connectivity index (χ3v) is 3.50. The Morgan fingerprint density at radius 3 is 2.75 bits per heavy atom. The molecule has 0 aliphatic carbocycles. The van der Waals surface area contributed by atoms with Crippen LogP contribution in [0.2, 0.25) is 0 Å². The van der Waals surface area contributed by atoms with Gasteiger partial charge in [-0.2, -0.15) is 0 Å². The van der Waals surface area contributed by atoms with Gasteiger partial charge < -0.3 is 10.1 Å². The molecule has 1 rings (SSSR count). The van der Waals surface area contributed by atoms with E-state index in [2.05, 4.69) is 27.9 Å². The van der Waals surface area contributed by atoms with Crippen molar-refractivity contribution in [1.82, 2.24) is 5.32 Å². The molecular formula is C13H17IN2O4. The van der Waals surface area contributed by atoms with Crippen molar-refractivity contribution in [3.05, 3.63) is 33.9 Å². The number of halogens is 1. The van der Waals surface area contributed by atoms with E-state index < -0.39 is 4.92 Å². The van der Waals surface area contributed by atoms with Gasteiger partial charge in [0.1, 0.15) is 0 Å². The number of methoxy groups -OCH3 is 1. The van der Waals surface area contributed by atoms with Gasteiger partial charge in [0.25, 0.3) is 5.91 Å². The molecule has 0 saturated heterocycles. The number of hydrogen-bond donors (Lipinski definition) is 1. The van der Waals surface area contributed by atoms with Crippen LogP contribution in [0.15, 0.2) is 18.2 Å². The maximum Gasteiger partial charge on any atom is 0.311 e. The Balaban J connectivity index is 2.72. The Kier molecular flexibility index (Phi) is 7.27. The molecule has 0 bridgehead atoms. The minimum absolute atomic E-state index is 0.00209. The summed E-state index contributed by atoms with van der Waals surface area (Å²) in [5.41, 5.74) is -0.0133. The van der Waals surface area contributed by atoms with Crippen molar-refractivity contribution in [2.75, 3.05) is 18.1 Å². The average molecular weight is 392 g/mol. The third kappa shape index (κ3) is 4.62. The van der Waals surface area contributed by atoms with Gasteiger partial charge in [0.15, 0.2) is 0 Å². The van der Waals surface area contributed by atoms with Gasteiger partial charge in [-0.3, -0.25) is 14.9 Å². The van der Waals surface area contributed by atoms with E-state index in [0.717, 1.165) is 23.7 Å². The number of para-hydroxylation sites is 1. The molecule has 0 radical (unpaired) electrons. The minimum Gasteiger partial charge on any atom is -0.490 e. The topological polar surface area (TPSA) is 81.5 Å². The summed E-state index contributed by atoms with van der Waals surface area (Å²) in [5.74, 6) is -0.345. The van der Waals surface area contributed by atoms with Crippen molar-refractivity contribution in [3.63, 3.8) is 0 Å². The summed E-state index contributed by atoms with van der Waals surface area (Å²) in [6, 6.07) is 4.31. The molecule has 0 spiro atoms. The zero-order chi connectivity index (χ0) is 15.0. The SMILES string of the molecule is COc1c(C(=O)NCCCCCI)cccc1[N+](=O)[O-]. The van der Waals surface area contributed by atoms with E-state index in [1.54, 1.807) is 0 Å². The molecule has 0 aromatic heterocycles. The zero-order valence-corrected chi connectivity index (χ0v) is 13.4. The summed E-state index contributed by atoms with van der Waals surface area (Å²) >= 11 is 2.31. The predicted octanol–water partition coefficient (Wildman–Crippen LogP) is 2.94. The van der Waals surface area contributed by atoms with E-state index in [-0.39, 0.29) is 22.9 Å². The van der Waals surface area contributed by atoms with E-state index in [0.29, 0.717) is 6.54 Å². The molecule has 0 fully saturated rings. The lowest BCUT2D eigenvalue weighted by Gasteiger charge is -2.09. The predicted molar refractivity (Wildman–Crippen MR) is 84.7 cm³/mol. The van der Waals surface area contributed by atoms with Crippen LogP contribution >= 0.6 is 22.6 Å². The number of nitrogens with zero attached hydrogens (tertiary/aromatic N) is 1. The Bertz CT molecular complexity index is 479. The molecule has 20 heavy (non-hydrogen) atoms. The molecule has 0 atom stereocenters. The normalized spacial score (nSPS) is 10.1. The number of amides is 1. The number of nitro groups is 1. The van der Waals surface area contributed by atoms with Crippen molar-refractivity contribution in [2.45, 2.75) is 19.3 Å². The van der Waals surface area contributed by atoms with Gasteiger partial charge in [0, 0.05) is 12.6 Å². The highest BCUT2D eigenvalue weighted by Crippen LogP contribution is 2.30. The first-order valence-electron chi connectivity index (χ1n) is 6.27. The summed E-state index contributed by atoms with van der Waals surface area (Å²) in [7, 11) is 1.32. The molecule has 1 aromatic carbocycles. The van der Waals surface area contributed by atoms with Crippen LogP contribution in [0, 0.1) is 10.1 Å². The lowest BCUT2D eigenvalue weighted by molar-refractivity contribution is -0.385. The first-order chi connectivity index (χ1) is 9.61. The van der Waals surface area contributed by atoms with Crippen molar-refractivity contribution < 1.29 is 14.5 Å². The van der Waals surface area contributed by atoms with Crippen molar-refractivity contribution in [1.29, 1.82) is 0 Å². The number of carbonyl (C=O) groups excluding carboxylic acids is 1. The van der Waals surface area contributed by atoms with Crippen molar-refractivity contribution in [2.24, 2.45) is 0 Å². The third-order valence-electron chi connectivity index (χ3n) is 2.74. The van der Waals surface area contributed by atoms with Crippen LogP contribution in [-0.2, 0) is 0 Å². The molecular weight excluding hydrogens is 375 g/mol. The maximum absolute atomic E-state index is 12.0. The van der Waals surface area contributed by atoms with Crippen LogP contribution in [0.25, 0.3) is 0 Å². The van der Waals surface area contributed by atoms with Crippen LogP contribution in [0.3, 0.4) is 0 Å². The highest BCUT2D eigenvalue weighted by atomic mass is 127. The second-order valence-corrected chi connectivity index (χ2v) is 5.20. The minimum atomic E-state index is -0.560. The summed E-state index contributed by atoms with van der Waals surface area (Å²) in [6.45, 7) is 0.557.